The van der Waals surface area contributed by atoms with Crippen molar-refractivity contribution in [2.75, 3.05) is 33.3 Å². The van der Waals surface area contributed by atoms with Crippen LogP contribution in [0, 0.1) is 5.92 Å². The summed E-state index contributed by atoms with van der Waals surface area (Å²) in [6.07, 6.45) is 4.35. The average Bonchev–Trinajstić information content (AvgIpc) is 3.28. The molecule has 0 bridgehead atoms. The van der Waals surface area contributed by atoms with Crippen LogP contribution in [-0.2, 0) is 4.74 Å². The molecule has 1 aliphatic heterocycles. The zero-order chi connectivity index (χ0) is 14.4. The molecule has 2 fully saturated rings. The van der Waals surface area contributed by atoms with Crippen molar-refractivity contribution in [1.29, 1.82) is 0 Å². The molecule has 0 aromatic heterocycles. The number of nitrogens with zero attached hydrogens (tertiary/aromatic N) is 2. The minimum absolute atomic E-state index is 0.192. The summed E-state index contributed by atoms with van der Waals surface area (Å²) in [5.41, 5.74) is 0. The lowest BCUT2D eigenvalue weighted by molar-refractivity contribution is 0.0963. The van der Waals surface area contributed by atoms with Gasteiger partial charge >= 0.3 is 6.09 Å². The van der Waals surface area contributed by atoms with Crippen molar-refractivity contribution in [3.8, 4) is 0 Å². The van der Waals surface area contributed by atoms with E-state index in [1.165, 1.54) is 12.8 Å². The number of carbonyl (C=O) groups is 1. The molecule has 2 aliphatic rings. The molecular weight excluding hydrogens is 256 g/mol. The second-order valence-electron chi connectivity index (χ2n) is 5.50. The van der Waals surface area contributed by atoms with Crippen molar-refractivity contribution in [2.24, 2.45) is 10.9 Å². The van der Waals surface area contributed by atoms with E-state index in [0.29, 0.717) is 12.6 Å². The Morgan fingerprint density at radius 1 is 1.30 bits per heavy atom. The quantitative estimate of drug-likeness (QED) is 0.600. The molecular formula is C14H26N4O2. The van der Waals surface area contributed by atoms with Gasteiger partial charge in [-0.25, -0.2) is 4.79 Å². The molecule has 0 atom stereocenters. The van der Waals surface area contributed by atoms with Gasteiger partial charge in [0.2, 0.25) is 0 Å². The Morgan fingerprint density at radius 2 is 2.00 bits per heavy atom. The molecule has 0 radical (unpaired) electrons. The normalized spacial score (nSPS) is 20.7. The van der Waals surface area contributed by atoms with Gasteiger partial charge < -0.3 is 20.3 Å². The molecule has 0 aromatic rings. The average molecular weight is 282 g/mol. The first-order chi connectivity index (χ1) is 9.72. The monoisotopic (exact) mass is 282 g/mol. The Bertz CT molecular complexity index is 347. The first kappa shape index (κ1) is 14.9. The van der Waals surface area contributed by atoms with Crippen molar-refractivity contribution in [3.05, 3.63) is 0 Å². The molecule has 6 nitrogen and oxygen atoms in total. The van der Waals surface area contributed by atoms with Gasteiger partial charge in [0.15, 0.2) is 5.96 Å². The summed E-state index contributed by atoms with van der Waals surface area (Å²) in [5, 5.41) is 6.81. The predicted molar refractivity (Wildman–Crippen MR) is 78.8 cm³/mol. The molecule has 0 unspecified atom stereocenters. The smallest absolute Gasteiger partial charge is 0.409 e. The van der Waals surface area contributed by atoms with Crippen LogP contribution in [0.1, 0.15) is 32.6 Å². The van der Waals surface area contributed by atoms with Crippen molar-refractivity contribution in [2.45, 2.75) is 38.6 Å². The highest BCUT2D eigenvalue weighted by Gasteiger charge is 2.25. The highest BCUT2D eigenvalue weighted by Crippen LogP contribution is 2.27. The van der Waals surface area contributed by atoms with Gasteiger partial charge in [0.25, 0.3) is 0 Å². The Labute approximate surface area is 121 Å². The van der Waals surface area contributed by atoms with E-state index in [2.05, 4.69) is 15.6 Å². The molecule has 6 heteroatoms. The molecule has 2 rings (SSSR count). The number of nitrogens with one attached hydrogen (secondary N) is 2. The van der Waals surface area contributed by atoms with Crippen molar-refractivity contribution >= 4 is 12.1 Å². The van der Waals surface area contributed by atoms with Gasteiger partial charge in [0.1, 0.15) is 0 Å². The van der Waals surface area contributed by atoms with Crippen LogP contribution in [0.4, 0.5) is 4.79 Å². The first-order valence-corrected chi connectivity index (χ1v) is 7.61. The molecule has 0 spiro atoms. The van der Waals surface area contributed by atoms with Gasteiger partial charge in [-0.15, -0.1) is 0 Å². The third-order valence-corrected chi connectivity index (χ3v) is 3.84. The van der Waals surface area contributed by atoms with Gasteiger partial charge in [0, 0.05) is 32.7 Å². The third-order valence-electron chi connectivity index (χ3n) is 3.84. The molecule has 1 heterocycles. The van der Waals surface area contributed by atoms with E-state index in [1.807, 2.05) is 6.92 Å². The standard InChI is InChI=1S/C14H26N4O2/c1-3-20-14(19)18-8-6-12(7-9-18)17-13(15-2)16-10-11-4-5-11/h11-12H,3-10H2,1-2H3,(H2,15,16,17). The highest BCUT2D eigenvalue weighted by atomic mass is 16.6. The van der Waals surface area contributed by atoms with Crippen LogP contribution in [0.5, 0.6) is 0 Å². The number of piperidine rings is 1. The number of carbonyl (C=O) groups excluding carboxylic acids is 1. The van der Waals surface area contributed by atoms with E-state index in [0.717, 1.165) is 44.4 Å². The van der Waals surface area contributed by atoms with Gasteiger partial charge in [0.05, 0.1) is 6.61 Å². The number of guanidine groups is 1. The number of rotatable bonds is 4. The van der Waals surface area contributed by atoms with Gasteiger partial charge in [-0.1, -0.05) is 0 Å². The summed E-state index contributed by atoms with van der Waals surface area (Å²) >= 11 is 0. The number of aliphatic imine (C=N–C) groups is 1. The van der Waals surface area contributed by atoms with Crippen LogP contribution in [-0.4, -0.2) is 56.3 Å². The topological polar surface area (TPSA) is 66.0 Å². The van der Waals surface area contributed by atoms with Crippen LogP contribution < -0.4 is 10.6 Å². The van der Waals surface area contributed by atoms with Gasteiger partial charge in [-0.05, 0) is 38.5 Å². The number of amides is 1. The SMILES string of the molecule is CCOC(=O)N1CCC(NC(=NC)NCC2CC2)CC1. The lowest BCUT2D eigenvalue weighted by Gasteiger charge is -2.32. The minimum Gasteiger partial charge on any atom is -0.450 e. The largest absolute Gasteiger partial charge is 0.450 e. The fourth-order valence-electron chi connectivity index (χ4n) is 2.37. The molecule has 2 N–H and O–H groups in total. The van der Waals surface area contributed by atoms with Crippen molar-refractivity contribution < 1.29 is 9.53 Å². The molecule has 20 heavy (non-hydrogen) atoms. The maximum atomic E-state index is 11.6. The van der Waals surface area contributed by atoms with Crippen LogP contribution in [0.2, 0.25) is 0 Å². The summed E-state index contributed by atoms with van der Waals surface area (Å²) in [4.78, 5) is 17.6. The van der Waals surface area contributed by atoms with Crippen LogP contribution >= 0.6 is 0 Å². The van der Waals surface area contributed by atoms with E-state index < -0.39 is 0 Å². The number of hydrogen-bond donors (Lipinski definition) is 2. The summed E-state index contributed by atoms with van der Waals surface area (Å²) in [6.45, 7) is 4.78. The predicted octanol–water partition coefficient (Wildman–Crippen LogP) is 1.18. The summed E-state index contributed by atoms with van der Waals surface area (Å²) in [5.74, 6) is 1.71. The third kappa shape index (κ3) is 4.58. The second-order valence-corrected chi connectivity index (χ2v) is 5.50. The minimum atomic E-state index is -0.192. The molecule has 0 aromatic carbocycles. The van der Waals surface area contributed by atoms with Crippen molar-refractivity contribution in [1.82, 2.24) is 15.5 Å². The highest BCUT2D eigenvalue weighted by molar-refractivity contribution is 5.80. The lowest BCUT2D eigenvalue weighted by Crippen LogP contribution is -2.50. The van der Waals surface area contributed by atoms with E-state index >= 15 is 0 Å². The van der Waals surface area contributed by atoms with E-state index in [9.17, 15) is 4.79 Å². The lowest BCUT2D eigenvalue weighted by atomic mass is 10.1. The van der Waals surface area contributed by atoms with E-state index in [-0.39, 0.29) is 6.09 Å². The molecule has 1 saturated carbocycles. The van der Waals surface area contributed by atoms with Gasteiger partial charge in [-0.3, -0.25) is 4.99 Å². The fraction of sp³-hybridized carbons (Fsp3) is 0.857. The van der Waals surface area contributed by atoms with Crippen LogP contribution in [0.15, 0.2) is 4.99 Å². The van der Waals surface area contributed by atoms with E-state index in [1.54, 1.807) is 11.9 Å². The summed E-state index contributed by atoms with van der Waals surface area (Å²) < 4.78 is 5.02. The van der Waals surface area contributed by atoms with Crippen molar-refractivity contribution in [3.63, 3.8) is 0 Å². The summed E-state index contributed by atoms with van der Waals surface area (Å²) in [7, 11) is 1.80. The zero-order valence-electron chi connectivity index (χ0n) is 12.5. The molecule has 114 valence electrons. The van der Waals surface area contributed by atoms with Crippen LogP contribution in [0.25, 0.3) is 0 Å². The number of ether oxygens (including phenoxy) is 1. The second kappa shape index (κ2) is 7.36. The molecule has 1 saturated heterocycles. The Balaban J connectivity index is 1.68. The first-order valence-electron chi connectivity index (χ1n) is 7.61. The Kier molecular flexibility index (Phi) is 5.49. The molecule has 1 aliphatic carbocycles. The number of hydrogen-bond acceptors (Lipinski definition) is 3. The zero-order valence-corrected chi connectivity index (χ0v) is 12.5. The van der Waals surface area contributed by atoms with Crippen LogP contribution in [0.3, 0.4) is 0 Å². The number of likely N-dealkylation sites (tertiary alicyclic amines) is 1. The molecule has 1 amide bonds. The Morgan fingerprint density at radius 3 is 2.55 bits per heavy atom. The maximum absolute atomic E-state index is 11.6. The maximum Gasteiger partial charge on any atom is 0.409 e. The fourth-order valence-corrected chi connectivity index (χ4v) is 2.37. The van der Waals surface area contributed by atoms with E-state index in [4.69, 9.17) is 4.74 Å². The summed E-state index contributed by atoms with van der Waals surface area (Å²) in [6, 6.07) is 0.381. The van der Waals surface area contributed by atoms with Gasteiger partial charge in [-0.2, -0.15) is 0 Å². The Hall–Kier alpha value is -1.46.